The van der Waals surface area contributed by atoms with Crippen LogP contribution in [0.15, 0.2) is 30.7 Å². The van der Waals surface area contributed by atoms with Gasteiger partial charge in [-0.05, 0) is 31.2 Å². The van der Waals surface area contributed by atoms with E-state index in [2.05, 4.69) is 25.3 Å². The Labute approximate surface area is 146 Å². The van der Waals surface area contributed by atoms with E-state index in [-0.39, 0.29) is 17.1 Å². The molecule has 0 spiro atoms. The number of halogens is 3. The van der Waals surface area contributed by atoms with Gasteiger partial charge in [-0.15, -0.1) is 10.2 Å². The molecule has 0 bridgehead atoms. The molecular formula is C16H13F3N6O. The second-order valence-corrected chi connectivity index (χ2v) is 5.24. The lowest BCUT2D eigenvalue weighted by Gasteiger charge is -2.10. The molecular weight excluding hydrogens is 349 g/mol. The largest absolute Gasteiger partial charge is 0.497 e. The third kappa shape index (κ3) is 4.02. The van der Waals surface area contributed by atoms with Crippen LogP contribution in [0.1, 0.15) is 17.1 Å². The van der Waals surface area contributed by atoms with Crippen LogP contribution in [0.25, 0.3) is 23.7 Å². The highest BCUT2D eigenvalue weighted by Crippen LogP contribution is 2.34. The lowest BCUT2D eigenvalue weighted by molar-refractivity contribution is -0.137. The molecule has 3 aromatic rings. The Balaban J connectivity index is 1.90. The summed E-state index contributed by atoms with van der Waals surface area (Å²) >= 11 is 0. The van der Waals surface area contributed by atoms with Gasteiger partial charge in [0.1, 0.15) is 17.9 Å². The van der Waals surface area contributed by atoms with Gasteiger partial charge in [0.05, 0.1) is 24.6 Å². The molecule has 0 radical (unpaired) electrons. The van der Waals surface area contributed by atoms with Crippen LogP contribution in [-0.4, -0.2) is 37.1 Å². The fourth-order valence-corrected chi connectivity index (χ4v) is 2.13. The topological polar surface area (TPSA) is 78.6 Å². The first-order valence-corrected chi connectivity index (χ1v) is 7.37. The van der Waals surface area contributed by atoms with Crippen molar-refractivity contribution in [1.29, 1.82) is 0 Å². The predicted octanol–water partition coefficient (Wildman–Crippen LogP) is 3.09. The van der Waals surface area contributed by atoms with Crippen molar-refractivity contribution >= 4 is 12.3 Å². The molecule has 26 heavy (non-hydrogen) atoms. The number of nitrogens with zero attached hydrogens (tertiary/aromatic N) is 6. The third-order valence-electron chi connectivity index (χ3n) is 3.32. The van der Waals surface area contributed by atoms with E-state index in [0.29, 0.717) is 11.5 Å². The molecule has 0 aliphatic heterocycles. The molecule has 0 amide bonds. The van der Waals surface area contributed by atoms with Crippen LogP contribution in [-0.2, 0) is 6.18 Å². The average Bonchev–Trinajstić information content (AvgIpc) is 3.08. The molecule has 7 nitrogen and oxygen atoms in total. The Morgan fingerprint density at radius 3 is 2.69 bits per heavy atom. The van der Waals surface area contributed by atoms with Gasteiger partial charge in [0, 0.05) is 11.8 Å². The van der Waals surface area contributed by atoms with Gasteiger partial charge < -0.3 is 4.74 Å². The van der Waals surface area contributed by atoms with E-state index in [0.717, 1.165) is 12.1 Å². The molecule has 0 atom stereocenters. The number of benzene rings is 1. The minimum absolute atomic E-state index is 0.0734. The lowest BCUT2D eigenvalue weighted by Crippen LogP contribution is -2.05. The van der Waals surface area contributed by atoms with Crippen molar-refractivity contribution in [2.75, 3.05) is 7.11 Å². The van der Waals surface area contributed by atoms with Crippen LogP contribution in [0.4, 0.5) is 13.2 Å². The molecule has 0 unspecified atom stereocenters. The first-order chi connectivity index (χ1) is 12.3. The predicted molar refractivity (Wildman–Crippen MR) is 86.8 cm³/mol. The molecule has 2 heterocycles. The summed E-state index contributed by atoms with van der Waals surface area (Å²) in [5, 5.41) is 11.7. The fourth-order valence-electron chi connectivity index (χ4n) is 2.13. The number of ether oxygens (including phenoxy) is 1. The first-order valence-electron chi connectivity index (χ1n) is 7.37. The number of hydrogen-bond donors (Lipinski definition) is 0. The molecule has 0 saturated carbocycles. The maximum absolute atomic E-state index is 13.0. The second-order valence-electron chi connectivity index (χ2n) is 5.24. The minimum atomic E-state index is -4.50. The number of rotatable bonds is 4. The van der Waals surface area contributed by atoms with Crippen molar-refractivity contribution in [1.82, 2.24) is 29.9 Å². The van der Waals surface area contributed by atoms with Crippen LogP contribution in [0.3, 0.4) is 0 Å². The number of methoxy groups -OCH3 is 1. The zero-order valence-corrected chi connectivity index (χ0v) is 13.8. The summed E-state index contributed by atoms with van der Waals surface area (Å²) in [5.74, 6) is 0.725. The maximum atomic E-state index is 13.0. The zero-order valence-electron chi connectivity index (χ0n) is 13.8. The van der Waals surface area contributed by atoms with Crippen LogP contribution < -0.4 is 4.74 Å². The van der Waals surface area contributed by atoms with Crippen molar-refractivity contribution in [3.63, 3.8) is 0 Å². The van der Waals surface area contributed by atoms with Gasteiger partial charge in [-0.1, -0.05) is 0 Å². The highest BCUT2D eigenvalue weighted by atomic mass is 19.4. The molecule has 3 rings (SSSR count). The molecule has 0 aliphatic carbocycles. The Morgan fingerprint density at radius 2 is 2.00 bits per heavy atom. The van der Waals surface area contributed by atoms with Gasteiger partial charge in [0.25, 0.3) is 0 Å². The number of aryl methyl sites for hydroxylation is 1. The second kappa shape index (κ2) is 6.90. The normalized spacial score (nSPS) is 11.9. The van der Waals surface area contributed by atoms with E-state index >= 15 is 0 Å². The Bertz CT molecular complexity index is 951. The van der Waals surface area contributed by atoms with Gasteiger partial charge >= 0.3 is 6.18 Å². The monoisotopic (exact) mass is 362 g/mol. The van der Waals surface area contributed by atoms with Crippen molar-refractivity contribution < 1.29 is 17.9 Å². The summed E-state index contributed by atoms with van der Waals surface area (Å²) in [6.07, 6.45) is 1.54. The van der Waals surface area contributed by atoms with Crippen molar-refractivity contribution in [2.45, 2.75) is 13.1 Å². The van der Waals surface area contributed by atoms with Gasteiger partial charge in [-0.2, -0.15) is 18.3 Å². The molecule has 2 aromatic heterocycles. The average molecular weight is 362 g/mol. The Kier molecular flexibility index (Phi) is 4.65. The quantitative estimate of drug-likeness (QED) is 0.710. The van der Waals surface area contributed by atoms with Gasteiger partial charge in [0.2, 0.25) is 0 Å². The molecule has 0 N–H and O–H groups in total. The van der Waals surface area contributed by atoms with E-state index in [1.165, 1.54) is 30.4 Å². The van der Waals surface area contributed by atoms with E-state index < -0.39 is 11.7 Å². The summed E-state index contributed by atoms with van der Waals surface area (Å²) in [6, 6.07) is 3.34. The summed E-state index contributed by atoms with van der Waals surface area (Å²) < 4.78 is 45.3. The summed E-state index contributed by atoms with van der Waals surface area (Å²) in [5.41, 5.74) is -0.0695. The zero-order chi connectivity index (χ0) is 18.7. The molecule has 0 saturated heterocycles. The Morgan fingerprint density at radius 1 is 1.19 bits per heavy atom. The van der Waals surface area contributed by atoms with Gasteiger partial charge in [-0.25, -0.2) is 14.6 Å². The molecule has 0 fully saturated rings. The molecule has 10 heteroatoms. The summed E-state index contributed by atoms with van der Waals surface area (Å²) in [4.78, 5) is 8.20. The molecule has 134 valence electrons. The van der Waals surface area contributed by atoms with Gasteiger partial charge in [-0.3, -0.25) is 0 Å². The smallest absolute Gasteiger partial charge is 0.416 e. The highest BCUT2D eigenvalue weighted by Gasteiger charge is 2.31. The van der Waals surface area contributed by atoms with Crippen molar-refractivity contribution in [2.24, 2.45) is 0 Å². The van der Waals surface area contributed by atoms with E-state index in [9.17, 15) is 13.2 Å². The lowest BCUT2D eigenvalue weighted by atomic mass is 10.1. The highest BCUT2D eigenvalue weighted by molar-refractivity contribution is 5.61. The van der Waals surface area contributed by atoms with E-state index in [4.69, 9.17) is 4.74 Å². The maximum Gasteiger partial charge on any atom is 0.416 e. The minimum Gasteiger partial charge on any atom is -0.497 e. The van der Waals surface area contributed by atoms with Crippen LogP contribution in [0, 0.1) is 6.92 Å². The summed E-state index contributed by atoms with van der Waals surface area (Å²) in [7, 11) is 1.30. The van der Waals surface area contributed by atoms with Crippen LogP contribution in [0.2, 0.25) is 0 Å². The van der Waals surface area contributed by atoms with Crippen molar-refractivity contribution in [3.8, 4) is 17.1 Å². The number of alkyl halides is 3. The number of hydrogen-bond acceptors (Lipinski definition) is 6. The van der Waals surface area contributed by atoms with Crippen LogP contribution >= 0.6 is 0 Å². The molecule has 1 aromatic carbocycles. The fraction of sp³-hybridized carbons (Fsp3) is 0.188. The van der Waals surface area contributed by atoms with Gasteiger partial charge in [0.15, 0.2) is 5.82 Å². The van der Waals surface area contributed by atoms with Crippen molar-refractivity contribution in [3.05, 3.63) is 47.8 Å². The van der Waals surface area contributed by atoms with Crippen LogP contribution in [0.5, 0.6) is 5.75 Å². The standard InChI is InChI=1S/C16H13F3N6O/c1-10-22-13(8-21-23-10)3-4-25-9-20-15(24-25)11-5-12(16(17,18)19)7-14(6-11)26-2/h3-9H,1-2H3/b4-3-. The van der Waals surface area contributed by atoms with E-state index in [1.54, 1.807) is 19.2 Å². The third-order valence-corrected chi connectivity index (χ3v) is 3.32. The first kappa shape index (κ1) is 17.5. The number of aromatic nitrogens is 6. The van der Waals surface area contributed by atoms with E-state index in [1.807, 2.05) is 0 Å². The Hall–Kier alpha value is -3.30. The SMILES string of the molecule is COc1cc(-c2ncn(/C=C\c3cnnc(C)n3)n2)cc(C(F)(F)F)c1. The molecule has 0 aliphatic rings. The summed E-state index contributed by atoms with van der Waals surface area (Å²) in [6.45, 7) is 1.71.